The number of aromatic nitrogens is 1. The van der Waals surface area contributed by atoms with Crippen molar-refractivity contribution in [1.29, 1.82) is 0 Å². The van der Waals surface area contributed by atoms with Crippen LogP contribution in [0.15, 0.2) is 48.5 Å². The lowest BCUT2D eigenvalue weighted by atomic mass is 10.0. The van der Waals surface area contributed by atoms with Gasteiger partial charge in [-0.15, -0.1) is 0 Å². The van der Waals surface area contributed by atoms with E-state index in [9.17, 15) is 14.0 Å². The van der Waals surface area contributed by atoms with Crippen molar-refractivity contribution in [2.24, 2.45) is 0 Å². The van der Waals surface area contributed by atoms with Crippen molar-refractivity contribution in [2.75, 3.05) is 6.61 Å². The van der Waals surface area contributed by atoms with Gasteiger partial charge in [0, 0.05) is 5.39 Å². The molecule has 5 nitrogen and oxygen atoms in total. The van der Waals surface area contributed by atoms with E-state index in [1.165, 1.54) is 18.2 Å². The smallest absolute Gasteiger partial charge is 0.340 e. The van der Waals surface area contributed by atoms with Gasteiger partial charge in [0.2, 0.25) is 0 Å². The Morgan fingerprint density at radius 3 is 2.61 bits per heavy atom. The molecule has 3 rings (SSSR count). The lowest BCUT2D eigenvalue weighted by molar-refractivity contribution is -0.144. The normalized spacial score (nSPS) is 10.7. The van der Waals surface area contributed by atoms with Crippen LogP contribution in [0.2, 0.25) is 0 Å². The third-order valence-electron chi connectivity index (χ3n) is 4.31. The molecule has 0 aliphatic carbocycles. The summed E-state index contributed by atoms with van der Waals surface area (Å²) in [6.45, 7) is 3.59. The van der Waals surface area contributed by atoms with Crippen molar-refractivity contribution in [2.45, 2.75) is 26.9 Å². The zero-order chi connectivity index (χ0) is 20.1. The monoisotopic (exact) mass is 381 g/mol. The predicted octanol–water partition coefficient (Wildman–Crippen LogP) is 4.14. The number of para-hydroxylation sites is 1. The molecule has 1 aromatic heterocycles. The first-order valence-corrected chi connectivity index (χ1v) is 8.95. The van der Waals surface area contributed by atoms with Crippen LogP contribution in [-0.2, 0) is 27.3 Å². The van der Waals surface area contributed by atoms with Gasteiger partial charge in [-0.1, -0.05) is 30.3 Å². The Morgan fingerprint density at radius 2 is 1.86 bits per heavy atom. The predicted molar refractivity (Wildman–Crippen MR) is 102 cm³/mol. The highest BCUT2D eigenvalue weighted by Crippen LogP contribution is 2.24. The van der Waals surface area contributed by atoms with Gasteiger partial charge in [0.1, 0.15) is 12.4 Å². The van der Waals surface area contributed by atoms with Gasteiger partial charge >= 0.3 is 11.9 Å². The molecule has 0 aliphatic rings. The Kier molecular flexibility index (Phi) is 5.99. The fourth-order valence-electron chi connectivity index (χ4n) is 3.03. The molecule has 0 amide bonds. The number of esters is 2. The average molecular weight is 381 g/mol. The minimum absolute atomic E-state index is 0.0704. The molecule has 0 aliphatic heterocycles. The number of carbonyl (C=O) groups excluding carboxylic acids is 2. The number of rotatable bonds is 6. The van der Waals surface area contributed by atoms with E-state index in [1.54, 1.807) is 13.0 Å². The van der Waals surface area contributed by atoms with Gasteiger partial charge in [-0.2, -0.15) is 0 Å². The number of hydrogen-bond acceptors (Lipinski definition) is 5. The van der Waals surface area contributed by atoms with E-state index in [0.29, 0.717) is 22.3 Å². The molecule has 0 saturated heterocycles. The van der Waals surface area contributed by atoms with Gasteiger partial charge in [0.25, 0.3) is 0 Å². The fraction of sp³-hybridized carbons (Fsp3) is 0.227. The van der Waals surface area contributed by atoms with Crippen molar-refractivity contribution in [3.63, 3.8) is 0 Å². The van der Waals surface area contributed by atoms with Crippen LogP contribution in [0, 0.1) is 12.7 Å². The number of benzene rings is 2. The summed E-state index contributed by atoms with van der Waals surface area (Å²) in [5.41, 5.74) is 2.57. The van der Waals surface area contributed by atoms with E-state index in [1.807, 2.05) is 31.2 Å². The number of pyridine rings is 1. The lowest BCUT2D eigenvalue weighted by Crippen LogP contribution is -2.15. The van der Waals surface area contributed by atoms with Gasteiger partial charge in [-0.25, -0.2) is 14.2 Å². The summed E-state index contributed by atoms with van der Waals surface area (Å²) >= 11 is 0. The third kappa shape index (κ3) is 4.34. The maximum atomic E-state index is 13.3. The molecule has 6 heteroatoms. The number of ether oxygens (including phenoxy) is 2. The van der Waals surface area contributed by atoms with Crippen LogP contribution < -0.4 is 0 Å². The van der Waals surface area contributed by atoms with E-state index >= 15 is 0 Å². The summed E-state index contributed by atoms with van der Waals surface area (Å²) < 4.78 is 23.7. The summed E-state index contributed by atoms with van der Waals surface area (Å²) in [6, 6.07) is 13.2. The topological polar surface area (TPSA) is 65.5 Å². The molecule has 2 aromatic carbocycles. The highest BCUT2D eigenvalue weighted by molar-refractivity contribution is 5.98. The van der Waals surface area contributed by atoms with Gasteiger partial charge in [-0.3, -0.25) is 4.79 Å². The van der Waals surface area contributed by atoms with E-state index in [2.05, 4.69) is 4.98 Å². The molecule has 0 unspecified atom stereocenters. The number of hydrogen-bond donors (Lipinski definition) is 0. The maximum absolute atomic E-state index is 13.3. The van der Waals surface area contributed by atoms with Gasteiger partial charge < -0.3 is 9.47 Å². The standard InChI is InChI=1S/C22H20FNO4/c1-3-27-22(26)21-14(2)17-9-4-5-10-18(17)24-19(21)13-28-20(25)12-15-7-6-8-16(23)11-15/h4-11H,3,12-13H2,1-2H3. The molecule has 0 N–H and O–H groups in total. The first-order chi connectivity index (χ1) is 13.5. The van der Waals surface area contributed by atoms with Gasteiger partial charge in [0.05, 0.1) is 29.8 Å². The van der Waals surface area contributed by atoms with Crippen LogP contribution in [0.3, 0.4) is 0 Å². The molecule has 0 saturated carbocycles. The van der Waals surface area contributed by atoms with Gasteiger partial charge in [0.15, 0.2) is 0 Å². The molecule has 3 aromatic rings. The Bertz CT molecular complexity index is 1030. The van der Waals surface area contributed by atoms with Crippen LogP contribution in [0.1, 0.15) is 34.1 Å². The lowest BCUT2D eigenvalue weighted by Gasteiger charge is -2.14. The third-order valence-corrected chi connectivity index (χ3v) is 4.31. The van der Waals surface area contributed by atoms with Crippen LogP contribution in [0.25, 0.3) is 10.9 Å². The SMILES string of the molecule is CCOC(=O)c1c(COC(=O)Cc2cccc(F)c2)nc2ccccc2c1C. The van der Waals surface area contributed by atoms with Crippen molar-refractivity contribution in [3.8, 4) is 0 Å². The minimum atomic E-state index is -0.534. The van der Waals surface area contributed by atoms with Crippen LogP contribution in [0.4, 0.5) is 4.39 Å². The number of aryl methyl sites for hydroxylation is 1. The van der Waals surface area contributed by atoms with Crippen molar-refractivity contribution in [3.05, 3.63) is 76.7 Å². The first kappa shape index (κ1) is 19.5. The molecule has 0 bridgehead atoms. The van der Waals surface area contributed by atoms with Crippen molar-refractivity contribution >= 4 is 22.8 Å². The second-order valence-corrected chi connectivity index (χ2v) is 6.26. The second-order valence-electron chi connectivity index (χ2n) is 6.26. The zero-order valence-corrected chi connectivity index (χ0v) is 15.7. The van der Waals surface area contributed by atoms with E-state index < -0.39 is 17.8 Å². The molecule has 28 heavy (non-hydrogen) atoms. The molecular formula is C22H20FNO4. The molecular weight excluding hydrogens is 361 g/mol. The zero-order valence-electron chi connectivity index (χ0n) is 15.7. The highest BCUT2D eigenvalue weighted by Gasteiger charge is 2.21. The first-order valence-electron chi connectivity index (χ1n) is 8.95. The minimum Gasteiger partial charge on any atom is -0.462 e. The summed E-state index contributed by atoms with van der Waals surface area (Å²) in [5.74, 6) is -1.45. The largest absolute Gasteiger partial charge is 0.462 e. The molecule has 0 spiro atoms. The molecule has 0 atom stereocenters. The number of halogens is 1. The second kappa shape index (κ2) is 8.61. The Labute approximate surface area is 162 Å². The van der Waals surface area contributed by atoms with E-state index in [0.717, 1.165) is 10.9 Å². The summed E-state index contributed by atoms with van der Waals surface area (Å²) in [6.07, 6.45) is -0.0704. The molecule has 144 valence electrons. The Balaban J connectivity index is 1.85. The molecule has 1 heterocycles. The summed E-state index contributed by atoms with van der Waals surface area (Å²) in [7, 11) is 0. The summed E-state index contributed by atoms with van der Waals surface area (Å²) in [4.78, 5) is 29.1. The molecule has 0 radical (unpaired) electrons. The quantitative estimate of drug-likeness (QED) is 0.600. The van der Waals surface area contributed by atoms with Crippen LogP contribution in [-0.4, -0.2) is 23.5 Å². The van der Waals surface area contributed by atoms with E-state index in [4.69, 9.17) is 9.47 Å². The van der Waals surface area contributed by atoms with Crippen LogP contribution in [0.5, 0.6) is 0 Å². The molecule has 0 fully saturated rings. The van der Waals surface area contributed by atoms with Crippen molar-refractivity contribution in [1.82, 2.24) is 4.98 Å². The Morgan fingerprint density at radius 1 is 1.07 bits per heavy atom. The van der Waals surface area contributed by atoms with Crippen LogP contribution >= 0.6 is 0 Å². The fourth-order valence-corrected chi connectivity index (χ4v) is 3.03. The number of fused-ring (bicyclic) bond motifs is 1. The number of carbonyl (C=O) groups is 2. The van der Waals surface area contributed by atoms with Gasteiger partial charge in [-0.05, 0) is 43.2 Å². The van der Waals surface area contributed by atoms with E-state index in [-0.39, 0.29) is 19.6 Å². The average Bonchev–Trinajstić information content (AvgIpc) is 2.66. The summed E-state index contributed by atoms with van der Waals surface area (Å²) in [5, 5.41) is 0.834. The number of nitrogens with zero attached hydrogens (tertiary/aromatic N) is 1. The van der Waals surface area contributed by atoms with Crippen molar-refractivity contribution < 1.29 is 23.5 Å². The Hall–Kier alpha value is -3.28. The maximum Gasteiger partial charge on any atom is 0.340 e. The highest BCUT2D eigenvalue weighted by atomic mass is 19.1.